The van der Waals surface area contributed by atoms with Crippen LogP contribution in [0.5, 0.6) is 5.75 Å². The predicted molar refractivity (Wildman–Crippen MR) is 143 cm³/mol. The number of halogens is 1. The molecule has 10 heteroatoms. The number of nitrogens with one attached hydrogen (secondary N) is 1. The van der Waals surface area contributed by atoms with Crippen molar-refractivity contribution >= 4 is 17.9 Å². The van der Waals surface area contributed by atoms with Gasteiger partial charge in [0.25, 0.3) is 11.8 Å². The quantitative estimate of drug-likeness (QED) is 0.397. The second kappa shape index (κ2) is 11.4. The first-order chi connectivity index (χ1) is 19.2. The van der Waals surface area contributed by atoms with Gasteiger partial charge in [-0.2, -0.15) is 0 Å². The summed E-state index contributed by atoms with van der Waals surface area (Å²) in [6.07, 6.45) is -1.96. The molecule has 2 atom stereocenters. The fourth-order valence-corrected chi connectivity index (χ4v) is 5.32. The van der Waals surface area contributed by atoms with Gasteiger partial charge in [0.05, 0.1) is 24.3 Å². The molecule has 2 aliphatic rings. The zero-order valence-electron chi connectivity index (χ0n) is 22.0. The SMILES string of the molecule is CCOc1cc2c(cc1C(=O)NC[C@@H](O)C1Cc3ccccc3CN1C(=O)O)CN(Cc1ccc(F)cc1)C2=O. The third-order valence-corrected chi connectivity index (χ3v) is 7.37. The number of aliphatic hydroxyl groups is 1. The summed E-state index contributed by atoms with van der Waals surface area (Å²) in [5, 5.41) is 23.4. The highest BCUT2D eigenvalue weighted by atomic mass is 19.1. The van der Waals surface area contributed by atoms with Gasteiger partial charge in [-0.05, 0) is 59.9 Å². The molecule has 0 spiro atoms. The number of ether oxygens (including phenoxy) is 1. The summed E-state index contributed by atoms with van der Waals surface area (Å²) >= 11 is 0. The molecule has 3 aromatic rings. The zero-order valence-corrected chi connectivity index (χ0v) is 22.0. The Morgan fingerprint density at radius 2 is 1.80 bits per heavy atom. The highest BCUT2D eigenvalue weighted by Gasteiger charge is 2.35. The smallest absolute Gasteiger partial charge is 0.407 e. The van der Waals surface area contributed by atoms with Crippen LogP contribution in [0.15, 0.2) is 60.7 Å². The summed E-state index contributed by atoms with van der Waals surface area (Å²) in [5.74, 6) is -0.836. The van der Waals surface area contributed by atoms with Crippen LogP contribution < -0.4 is 10.1 Å². The van der Waals surface area contributed by atoms with Crippen molar-refractivity contribution in [3.63, 3.8) is 0 Å². The van der Waals surface area contributed by atoms with Crippen molar-refractivity contribution < 1.29 is 33.7 Å². The Hall–Kier alpha value is -4.44. The first-order valence-corrected chi connectivity index (χ1v) is 13.1. The monoisotopic (exact) mass is 547 g/mol. The first-order valence-electron chi connectivity index (χ1n) is 13.1. The highest BCUT2D eigenvalue weighted by molar-refractivity contribution is 6.03. The first kappa shape index (κ1) is 27.1. The van der Waals surface area contributed by atoms with E-state index in [0.29, 0.717) is 17.5 Å². The summed E-state index contributed by atoms with van der Waals surface area (Å²) in [7, 11) is 0. The van der Waals surface area contributed by atoms with E-state index in [4.69, 9.17) is 4.74 Å². The van der Waals surface area contributed by atoms with E-state index in [2.05, 4.69) is 5.32 Å². The number of nitrogens with zero attached hydrogens (tertiary/aromatic N) is 2. The maximum Gasteiger partial charge on any atom is 0.407 e. The molecule has 208 valence electrons. The van der Waals surface area contributed by atoms with Crippen molar-refractivity contribution in [1.29, 1.82) is 0 Å². The standard InChI is InChI=1S/C30H30FN3O6/c1-2-40-27-13-23-21(16-33(29(23)37)15-18-7-9-22(31)10-8-18)11-24(27)28(36)32-14-26(35)25-12-19-5-3-4-6-20(19)17-34(25)30(38)39/h3-11,13,25-26,35H,2,12,14-17H2,1H3,(H,32,36)(H,38,39)/t25?,26-/m1/s1. The summed E-state index contributed by atoms with van der Waals surface area (Å²) < 4.78 is 19.0. The lowest BCUT2D eigenvalue weighted by atomic mass is 9.91. The molecule has 1 unspecified atom stereocenters. The molecule has 2 aliphatic heterocycles. The molecule has 5 rings (SSSR count). The van der Waals surface area contributed by atoms with Gasteiger partial charge in [-0.25, -0.2) is 9.18 Å². The topological polar surface area (TPSA) is 119 Å². The number of hydrogen-bond acceptors (Lipinski definition) is 5. The maximum absolute atomic E-state index is 13.3. The number of carbonyl (C=O) groups excluding carboxylic acids is 2. The molecule has 0 saturated heterocycles. The van der Waals surface area contributed by atoms with Crippen molar-refractivity contribution in [1.82, 2.24) is 15.1 Å². The molecule has 3 amide bonds. The van der Waals surface area contributed by atoms with E-state index in [0.717, 1.165) is 16.7 Å². The number of amides is 3. The lowest BCUT2D eigenvalue weighted by Gasteiger charge is -2.37. The molecule has 40 heavy (non-hydrogen) atoms. The van der Waals surface area contributed by atoms with Crippen LogP contribution in [-0.4, -0.2) is 63.2 Å². The van der Waals surface area contributed by atoms with Crippen molar-refractivity contribution in [2.24, 2.45) is 0 Å². The van der Waals surface area contributed by atoms with Gasteiger partial charge in [-0.1, -0.05) is 36.4 Å². The average molecular weight is 548 g/mol. The summed E-state index contributed by atoms with van der Waals surface area (Å²) in [6, 6.07) is 15.9. The molecule has 0 fully saturated rings. The normalized spacial score (nSPS) is 16.8. The molecular weight excluding hydrogens is 517 g/mol. The number of benzene rings is 3. The predicted octanol–water partition coefficient (Wildman–Crippen LogP) is 3.58. The second-order valence-corrected chi connectivity index (χ2v) is 9.95. The van der Waals surface area contributed by atoms with Crippen LogP contribution in [0, 0.1) is 5.82 Å². The van der Waals surface area contributed by atoms with Crippen LogP contribution >= 0.6 is 0 Å². The van der Waals surface area contributed by atoms with E-state index in [9.17, 15) is 29.0 Å². The minimum atomic E-state index is -1.15. The molecular formula is C30H30FN3O6. The zero-order chi connectivity index (χ0) is 28.4. The van der Waals surface area contributed by atoms with Crippen LogP contribution in [-0.2, 0) is 26.1 Å². The molecule has 0 bridgehead atoms. The van der Waals surface area contributed by atoms with E-state index >= 15 is 0 Å². The number of hydrogen-bond donors (Lipinski definition) is 3. The maximum atomic E-state index is 13.3. The fourth-order valence-electron chi connectivity index (χ4n) is 5.32. The molecule has 3 aromatic carbocycles. The van der Waals surface area contributed by atoms with Crippen LogP contribution in [0.25, 0.3) is 0 Å². The van der Waals surface area contributed by atoms with Crippen LogP contribution in [0.2, 0.25) is 0 Å². The van der Waals surface area contributed by atoms with Gasteiger partial charge in [0, 0.05) is 31.7 Å². The molecule has 0 aromatic heterocycles. The highest BCUT2D eigenvalue weighted by Crippen LogP contribution is 2.32. The number of carboxylic acid groups (broad SMARTS) is 1. The minimum absolute atomic E-state index is 0.156. The summed E-state index contributed by atoms with van der Waals surface area (Å²) in [6.45, 7) is 2.58. The Bertz CT molecular complexity index is 1440. The van der Waals surface area contributed by atoms with E-state index in [1.807, 2.05) is 24.3 Å². The number of rotatable bonds is 8. The summed E-state index contributed by atoms with van der Waals surface area (Å²) in [4.78, 5) is 41.1. The molecule has 2 heterocycles. The van der Waals surface area contributed by atoms with Crippen LogP contribution in [0.1, 0.15) is 49.9 Å². The number of carbonyl (C=O) groups is 3. The lowest BCUT2D eigenvalue weighted by molar-refractivity contribution is 0.0382. The third-order valence-electron chi connectivity index (χ3n) is 7.37. The van der Waals surface area contributed by atoms with Gasteiger partial charge >= 0.3 is 6.09 Å². The lowest BCUT2D eigenvalue weighted by Crippen LogP contribution is -2.53. The number of aliphatic hydroxyl groups excluding tert-OH is 1. The van der Waals surface area contributed by atoms with E-state index in [-0.39, 0.29) is 55.8 Å². The molecule has 3 N–H and O–H groups in total. The Morgan fingerprint density at radius 1 is 1.07 bits per heavy atom. The van der Waals surface area contributed by atoms with E-state index < -0.39 is 24.1 Å². The van der Waals surface area contributed by atoms with Crippen molar-refractivity contribution in [3.8, 4) is 5.75 Å². The van der Waals surface area contributed by atoms with Crippen molar-refractivity contribution in [3.05, 3.63) is 99.9 Å². The Labute approximate surface area is 230 Å². The average Bonchev–Trinajstić information content (AvgIpc) is 3.25. The van der Waals surface area contributed by atoms with Gasteiger partial charge in [0.1, 0.15) is 11.6 Å². The molecule has 0 radical (unpaired) electrons. The Morgan fingerprint density at radius 3 is 2.50 bits per heavy atom. The van der Waals surface area contributed by atoms with Crippen LogP contribution in [0.3, 0.4) is 0 Å². The van der Waals surface area contributed by atoms with E-state index in [1.54, 1.807) is 36.1 Å². The van der Waals surface area contributed by atoms with E-state index in [1.165, 1.54) is 17.0 Å². The fraction of sp³-hybridized carbons (Fsp3) is 0.300. The molecule has 0 aliphatic carbocycles. The summed E-state index contributed by atoms with van der Waals surface area (Å²) in [5.41, 5.74) is 3.93. The second-order valence-electron chi connectivity index (χ2n) is 9.95. The molecule has 0 saturated carbocycles. The third kappa shape index (κ3) is 5.48. The Kier molecular flexibility index (Phi) is 7.70. The van der Waals surface area contributed by atoms with Crippen molar-refractivity contribution in [2.45, 2.75) is 45.1 Å². The van der Waals surface area contributed by atoms with Crippen LogP contribution in [0.4, 0.5) is 9.18 Å². The minimum Gasteiger partial charge on any atom is -0.493 e. The van der Waals surface area contributed by atoms with Crippen molar-refractivity contribution in [2.75, 3.05) is 13.2 Å². The van der Waals surface area contributed by atoms with Gasteiger partial charge in [0.2, 0.25) is 0 Å². The number of fused-ring (bicyclic) bond motifs is 2. The largest absolute Gasteiger partial charge is 0.493 e. The Balaban J connectivity index is 1.30. The van der Waals surface area contributed by atoms with Gasteiger partial charge in [-0.15, -0.1) is 0 Å². The van der Waals surface area contributed by atoms with Gasteiger partial charge in [0.15, 0.2) is 0 Å². The molecule has 9 nitrogen and oxygen atoms in total. The van der Waals surface area contributed by atoms with Gasteiger partial charge in [-0.3, -0.25) is 14.5 Å². The van der Waals surface area contributed by atoms with Gasteiger partial charge < -0.3 is 25.2 Å².